The van der Waals surface area contributed by atoms with Crippen LogP contribution >= 0.6 is 0 Å². The second-order valence-corrected chi connectivity index (χ2v) is 6.46. The summed E-state index contributed by atoms with van der Waals surface area (Å²) in [6.45, 7) is 5.65. The normalized spacial score (nSPS) is 14.2. The molecule has 1 aromatic heterocycles. The number of hydrogen-bond donors (Lipinski definition) is 2. The topological polar surface area (TPSA) is 160 Å². The van der Waals surface area contributed by atoms with E-state index in [1.807, 2.05) is 4.90 Å². The fourth-order valence-electron chi connectivity index (χ4n) is 3.06. The fraction of sp³-hybridized carbons (Fsp3) is 0.353. The molecule has 1 aliphatic heterocycles. The number of carbonyl (C=O) groups is 1. The third kappa shape index (κ3) is 4.57. The number of aromatic nitrogens is 2. The highest BCUT2D eigenvalue weighted by Crippen LogP contribution is 2.31. The van der Waals surface area contributed by atoms with Crippen molar-refractivity contribution in [1.29, 1.82) is 0 Å². The number of non-ortho nitro benzene ring substituents is 1. The first-order valence-electron chi connectivity index (χ1n) is 9.18. The van der Waals surface area contributed by atoms with Crippen LogP contribution in [0.5, 0.6) is 0 Å². The molecule has 1 saturated heterocycles. The van der Waals surface area contributed by atoms with E-state index in [4.69, 9.17) is 0 Å². The Morgan fingerprint density at radius 1 is 1.07 bits per heavy atom. The molecule has 0 unspecified atom stereocenters. The van der Waals surface area contributed by atoms with Gasteiger partial charge in [-0.2, -0.15) is 0 Å². The van der Waals surface area contributed by atoms with Crippen molar-refractivity contribution in [3.8, 4) is 0 Å². The molecule has 2 heterocycles. The maximum atomic E-state index is 12.3. The zero-order valence-electron chi connectivity index (χ0n) is 16.1. The Hall–Kier alpha value is -3.87. The third-order valence-electron chi connectivity index (χ3n) is 4.74. The van der Waals surface area contributed by atoms with E-state index in [-0.39, 0.29) is 28.6 Å². The van der Waals surface area contributed by atoms with Gasteiger partial charge in [-0.25, -0.2) is 9.97 Å². The molecule has 1 aromatic carbocycles. The SMILES string of the molecule is CCN1CCN(c2ncnc(NNC(=O)c3ccc([N+](=O)[O-])cc3)c2[N+](=O)[O-])CC1. The molecule has 3 rings (SSSR count). The average molecular weight is 416 g/mol. The van der Waals surface area contributed by atoms with E-state index in [9.17, 15) is 25.0 Å². The summed E-state index contributed by atoms with van der Waals surface area (Å²) >= 11 is 0. The van der Waals surface area contributed by atoms with Crippen LogP contribution in [0.25, 0.3) is 0 Å². The highest BCUT2D eigenvalue weighted by Gasteiger charge is 2.29. The average Bonchev–Trinajstić information content (AvgIpc) is 2.77. The number of benzene rings is 1. The minimum Gasteiger partial charge on any atom is -0.348 e. The Kier molecular flexibility index (Phi) is 6.32. The minimum absolute atomic E-state index is 0.140. The first-order valence-corrected chi connectivity index (χ1v) is 9.18. The van der Waals surface area contributed by atoms with E-state index < -0.39 is 15.8 Å². The van der Waals surface area contributed by atoms with Gasteiger partial charge in [0.15, 0.2) is 0 Å². The number of nitro groups is 2. The number of nitrogens with one attached hydrogen (secondary N) is 2. The molecule has 0 spiro atoms. The highest BCUT2D eigenvalue weighted by molar-refractivity contribution is 5.95. The maximum absolute atomic E-state index is 12.3. The van der Waals surface area contributed by atoms with Gasteiger partial charge in [0.2, 0.25) is 11.6 Å². The lowest BCUT2D eigenvalue weighted by molar-refractivity contribution is -0.384. The summed E-state index contributed by atoms with van der Waals surface area (Å²) in [5.74, 6) is -0.605. The number of rotatable bonds is 7. The van der Waals surface area contributed by atoms with Gasteiger partial charge in [0.05, 0.1) is 9.85 Å². The summed E-state index contributed by atoms with van der Waals surface area (Å²) in [5, 5.41) is 22.4. The lowest BCUT2D eigenvalue weighted by Crippen LogP contribution is -2.46. The number of likely N-dealkylation sites (N-methyl/N-ethyl adjacent to an activating group) is 1. The maximum Gasteiger partial charge on any atom is 0.355 e. The Bertz CT molecular complexity index is 944. The number of piperazine rings is 1. The van der Waals surface area contributed by atoms with Crippen LogP contribution in [0, 0.1) is 20.2 Å². The molecule has 158 valence electrons. The number of nitro benzene ring substituents is 1. The van der Waals surface area contributed by atoms with Crippen LogP contribution < -0.4 is 15.8 Å². The summed E-state index contributed by atoms with van der Waals surface area (Å²) in [7, 11) is 0. The molecule has 30 heavy (non-hydrogen) atoms. The third-order valence-corrected chi connectivity index (χ3v) is 4.74. The number of anilines is 2. The first kappa shape index (κ1) is 20.9. The van der Waals surface area contributed by atoms with Crippen LogP contribution in [-0.4, -0.2) is 63.3 Å². The van der Waals surface area contributed by atoms with Crippen LogP contribution in [-0.2, 0) is 0 Å². The molecule has 13 nitrogen and oxygen atoms in total. The highest BCUT2D eigenvalue weighted by atomic mass is 16.6. The molecule has 13 heteroatoms. The molecule has 0 saturated carbocycles. The van der Waals surface area contributed by atoms with E-state index in [1.54, 1.807) is 0 Å². The van der Waals surface area contributed by atoms with Crippen molar-refractivity contribution in [2.45, 2.75) is 6.92 Å². The molecule has 0 bridgehead atoms. The van der Waals surface area contributed by atoms with Gasteiger partial charge in [0.1, 0.15) is 6.33 Å². The Morgan fingerprint density at radius 2 is 1.73 bits per heavy atom. The van der Waals surface area contributed by atoms with Crippen molar-refractivity contribution in [2.75, 3.05) is 43.0 Å². The van der Waals surface area contributed by atoms with Crippen molar-refractivity contribution in [1.82, 2.24) is 20.3 Å². The summed E-state index contributed by atoms with van der Waals surface area (Å²) in [6, 6.07) is 4.94. The van der Waals surface area contributed by atoms with E-state index >= 15 is 0 Å². The van der Waals surface area contributed by atoms with Crippen LogP contribution in [0.15, 0.2) is 30.6 Å². The lowest BCUT2D eigenvalue weighted by Gasteiger charge is -2.34. The van der Waals surface area contributed by atoms with Gasteiger partial charge in [-0.3, -0.25) is 35.9 Å². The van der Waals surface area contributed by atoms with Gasteiger partial charge in [-0.15, -0.1) is 0 Å². The van der Waals surface area contributed by atoms with Gasteiger partial charge in [0.25, 0.3) is 11.6 Å². The first-order chi connectivity index (χ1) is 14.4. The molecule has 2 aromatic rings. The molecule has 1 aliphatic rings. The van der Waals surface area contributed by atoms with Gasteiger partial charge >= 0.3 is 5.69 Å². The second-order valence-electron chi connectivity index (χ2n) is 6.46. The zero-order valence-corrected chi connectivity index (χ0v) is 16.1. The monoisotopic (exact) mass is 416 g/mol. The van der Waals surface area contributed by atoms with E-state index in [1.165, 1.54) is 30.6 Å². The van der Waals surface area contributed by atoms with Crippen LogP contribution in [0.1, 0.15) is 17.3 Å². The smallest absolute Gasteiger partial charge is 0.348 e. The second kappa shape index (κ2) is 9.09. The fourth-order valence-corrected chi connectivity index (χ4v) is 3.06. The largest absolute Gasteiger partial charge is 0.355 e. The van der Waals surface area contributed by atoms with Crippen molar-refractivity contribution >= 4 is 28.9 Å². The summed E-state index contributed by atoms with van der Waals surface area (Å²) in [5.41, 5.74) is 4.44. The number of hydrogen-bond acceptors (Lipinski definition) is 10. The van der Waals surface area contributed by atoms with E-state index in [0.717, 1.165) is 19.6 Å². The van der Waals surface area contributed by atoms with Gasteiger partial charge in [-0.1, -0.05) is 6.92 Å². The quantitative estimate of drug-likeness (QED) is 0.495. The molecular formula is C17H20N8O5. The number of hydrazine groups is 1. The molecule has 2 N–H and O–H groups in total. The van der Waals surface area contributed by atoms with Crippen molar-refractivity contribution < 1.29 is 14.6 Å². The predicted molar refractivity (Wildman–Crippen MR) is 107 cm³/mol. The van der Waals surface area contributed by atoms with E-state index in [0.29, 0.717) is 13.1 Å². The number of amides is 1. The van der Waals surface area contributed by atoms with Crippen LogP contribution in [0.3, 0.4) is 0 Å². The predicted octanol–water partition coefficient (Wildman–Crippen LogP) is 1.19. The molecular weight excluding hydrogens is 396 g/mol. The molecule has 0 radical (unpaired) electrons. The minimum atomic E-state index is -0.629. The summed E-state index contributed by atoms with van der Waals surface area (Å²) < 4.78 is 0. The Labute approximate surface area is 171 Å². The molecule has 0 atom stereocenters. The molecule has 0 aliphatic carbocycles. The van der Waals surface area contributed by atoms with Crippen molar-refractivity contribution in [3.05, 3.63) is 56.4 Å². The summed E-state index contributed by atoms with van der Waals surface area (Å²) in [4.78, 5) is 45.5. The standard InChI is InChI=1S/C17H20N8O5/c1-2-22-7-9-23(10-8-22)16-14(25(29)30)15(18-11-19-16)20-21-17(26)12-3-5-13(6-4-12)24(27)28/h3-6,11H,2,7-10H2,1H3,(H,21,26)(H,18,19,20). The number of carbonyl (C=O) groups excluding carboxylic acids is 1. The van der Waals surface area contributed by atoms with Gasteiger partial charge < -0.3 is 9.80 Å². The Morgan fingerprint density at radius 3 is 2.30 bits per heavy atom. The van der Waals surface area contributed by atoms with Crippen molar-refractivity contribution in [2.24, 2.45) is 0 Å². The van der Waals surface area contributed by atoms with E-state index in [2.05, 4.69) is 32.6 Å². The zero-order chi connectivity index (χ0) is 21.7. The number of nitrogens with zero attached hydrogens (tertiary/aromatic N) is 6. The Balaban J connectivity index is 1.75. The molecule has 1 amide bonds. The molecule has 1 fully saturated rings. The van der Waals surface area contributed by atoms with Gasteiger partial charge in [-0.05, 0) is 18.7 Å². The summed E-state index contributed by atoms with van der Waals surface area (Å²) in [6.07, 6.45) is 1.19. The van der Waals surface area contributed by atoms with Gasteiger partial charge in [0, 0.05) is 43.9 Å². The van der Waals surface area contributed by atoms with Crippen LogP contribution in [0.2, 0.25) is 0 Å². The van der Waals surface area contributed by atoms with Crippen molar-refractivity contribution in [3.63, 3.8) is 0 Å². The van der Waals surface area contributed by atoms with Crippen LogP contribution in [0.4, 0.5) is 23.0 Å². The lowest BCUT2D eigenvalue weighted by atomic mass is 10.2.